The van der Waals surface area contributed by atoms with Crippen LogP contribution in [-0.2, 0) is 11.2 Å². The second-order valence-corrected chi connectivity index (χ2v) is 7.14. The summed E-state index contributed by atoms with van der Waals surface area (Å²) in [4.78, 5) is 20.2. The third kappa shape index (κ3) is 4.50. The van der Waals surface area contributed by atoms with Crippen molar-refractivity contribution in [1.29, 1.82) is 0 Å². The molecule has 0 unspecified atom stereocenters. The molecule has 0 aliphatic carbocycles. The maximum atomic E-state index is 14.3. The van der Waals surface area contributed by atoms with Crippen LogP contribution in [0.2, 0.25) is 10.0 Å². The number of nitrogens with one attached hydrogen (secondary N) is 1. The molecule has 152 valence electrons. The fourth-order valence-electron chi connectivity index (χ4n) is 2.79. The summed E-state index contributed by atoms with van der Waals surface area (Å²) in [5.41, 5.74) is 1.23. The minimum absolute atomic E-state index is 0.112. The lowest BCUT2D eigenvalue weighted by Crippen LogP contribution is -2.13. The highest BCUT2D eigenvalue weighted by Gasteiger charge is 2.13. The monoisotopic (exact) mass is 445 g/mol. The summed E-state index contributed by atoms with van der Waals surface area (Å²) in [6, 6.07) is 9.37. The SMILES string of the molecule is O=C(CCc1ncc(-c2ccc(Cl)cc2Cl)o1)Nc1ccc(-n2cncn2)c(F)c1. The normalized spacial score (nSPS) is 10.9. The van der Waals surface area contributed by atoms with Crippen molar-refractivity contribution in [1.82, 2.24) is 19.7 Å². The molecule has 2 aromatic heterocycles. The van der Waals surface area contributed by atoms with Gasteiger partial charge in [-0.15, -0.1) is 0 Å². The van der Waals surface area contributed by atoms with Gasteiger partial charge in [0.25, 0.3) is 0 Å². The number of carbonyl (C=O) groups is 1. The molecular formula is C20H14Cl2FN5O2. The number of aromatic nitrogens is 4. The molecule has 4 rings (SSSR count). The molecule has 2 heterocycles. The van der Waals surface area contributed by atoms with Crippen molar-refractivity contribution in [3.05, 3.63) is 77.0 Å². The fourth-order valence-corrected chi connectivity index (χ4v) is 3.29. The molecule has 10 heteroatoms. The highest BCUT2D eigenvalue weighted by molar-refractivity contribution is 6.36. The summed E-state index contributed by atoms with van der Waals surface area (Å²) in [6.07, 6.45) is 4.63. The Labute approximate surface area is 180 Å². The highest BCUT2D eigenvalue weighted by atomic mass is 35.5. The van der Waals surface area contributed by atoms with Crippen molar-refractivity contribution in [2.75, 3.05) is 5.32 Å². The Morgan fingerprint density at radius 2 is 2.07 bits per heavy atom. The number of amides is 1. The van der Waals surface area contributed by atoms with Crippen LogP contribution in [0.4, 0.5) is 10.1 Å². The van der Waals surface area contributed by atoms with Gasteiger partial charge in [-0.2, -0.15) is 5.10 Å². The Morgan fingerprint density at radius 3 is 2.80 bits per heavy atom. The molecule has 7 nitrogen and oxygen atoms in total. The molecule has 0 atom stereocenters. The molecule has 0 saturated heterocycles. The molecule has 0 aliphatic rings. The second-order valence-electron chi connectivity index (χ2n) is 6.30. The number of hydrogen-bond acceptors (Lipinski definition) is 5. The number of rotatable bonds is 6. The lowest BCUT2D eigenvalue weighted by atomic mass is 10.2. The minimum atomic E-state index is -0.532. The lowest BCUT2D eigenvalue weighted by molar-refractivity contribution is -0.116. The third-order valence-corrected chi connectivity index (χ3v) is 4.76. The number of carbonyl (C=O) groups excluding carboxylic acids is 1. The van der Waals surface area contributed by atoms with Gasteiger partial charge in [-0.3, -0.25) is 4.79 Å². The summed E-state index contributed by atoms with van der Waals surface area (Å²) in [7, 11) is 0. The van der Waals surface area contributed by atoms with E-state index in [0.29, 0.717) is 32.9 Å². The Hall–Kier alpha value is -3.23. The van der Waals surface area contributed by atoms with E-state index in [1.54, 1.807) is 30.5 Å². The maximum absolute atomic E-state index is 14.3. The summed E-state index contributed by atoms with van der Waals surface area (Å²) in [5.74, 6) is 0.0411. The molecule has 0 fully saturated rings. The van der Waals surface area contributed by atoms with Gasteiger partial charge in [0.05, 0.1) is 11.2 Å². The van der Waals surface area contributed by atoms with Crippen molar-refractivity contribution in [2.24, 2.45) is 0 Å². The molecule has 1 amide bonds. The largest absolute Gasteiger partial charge is 0.441 e. The molecule has 0 saturated carbocycles. The first-order chi connectivity index (χ1) is 14.5. The van der Waals surface area contributed by atoms with Crippen molar-refractivity contribution < 1.29 is 13.6 Å². The van der Waals surface area contributed by atoms with Gasteiger partial charge in [0.1, 0.15) is 18.3 Å². The van der Waals surface area contributed by atoms with Crippen molar-refractivity contribution >= 4 is 34.8 Å². The van der Waals surface area contributed by atoms with Crippen molar-refractivity contribution in [3.8, 4) is 17.0 Å². The molecular weight excluding hydrogens is 432 g/mol. The van der Waals surface area contributed by atoms with Crippen LogP contribution in [0.1, 0.15) is 12.3 Å². The van der Waals surface area contributed by atoms with Crippen LogP contribution in [0.3, 0.4) is 0 Å². The van der Waals surface area contributed by atoms with Gasteiger partial charge < -0.3 is 9.73 Å². The average molecular weight is 446 g/mol. The summed E-state index contributed by atoms with van der Waals surface area (Å²) >= 11 is 12.1. The predicted molar refractivity (Wildman–Crippen MR) is 110 cm³/mol. The molecule has 0 spiro atoms. The Balaban J connectivity index is 1.36. The first-order valence-electron chi connectivity index (χ1n) is 8.84. The van der Waals surface area contributed by atoms with Crippen molar-refractivity contribution in [3.63, 3.8) is 0 Å². The first-order valence-corrected chi connectivity index (χ1v) is 9.60. The predicted octanol–water partition coefficient (Wildman–Crippen LogP) is 4.94. The van der Waals surface area contributed by atoms with Gasteiger partial charge in [0, 0.05) is 29.1 Å². The number of oxazole rings is 1. The summed E-state index contributed by atoms with van der Waals surface area (Å²) < 4.78 is 21.2. The summed E-state index contributed by atoms with van der Waals surface area (Å²) in [5, 5.41) is 7.49. The molecule has 4 aromatic rings. The zero-order valence-electron chi connectivity index (χ0n) is 15.3. The number of benzene rings is 2. The zero-order chi connectivity index (χ0) is 21.1. The van der Waals surface area contributed by atoms with E-state index in [0.717, 1.165) is 0 Å². The van der Waals surface area contributed by atoms with E-state index in [1.165, 1.54) is 29.5 Å². The van der Waals surface area contributed by atoms with E-state index in [1.807, 2.05) is 0 Å². The Morgan fingerprint density at radius 1 is 1.20 bits per heavy atom. The fraction of sp³-hybridized carbons (Fsp3) is 0.100. The van der Waals surface area contributed by atoms with Gasteiger partial charge >= 0.3 is 0 Å². The number of aryl methyl sites for hydroxylation is 1. The maximum Gasteiger partial charge on any atom is 0.224 e. The summed E-state index contributed by atoms with van der Waals surface area (Å²) in [6.45, 7) is 0. The average Bonchev–Trinajstić information content (AvgIpc) is 3.39. The number of nitrogens with zero attached hydrogens (tertiary/aromatic N) is 4. The molecule has 2 aromatic carbocycles. The Kier molecular flexibility index (Phi) is 5.78. The smallest absolute Gasteiger partial charge is 0.224 e. The highest BCUT2D eigenvalue weighted by Crippen LogP contribution is 2.30. The minimum Gasteiger partial charge on any atom is -0.441 e. The van der Waals surface area contributed by atoms with E-state index < -0.39 is 5.82 Å². The van der Waals surface area contributed by atoms with Gasteiger partial charge in [0.2, 0.25) is 5.91 Å². The molecule has 0 bridgehead atoms. The van der Waals surface area contributed by atoms with E-state index in [4.69, 9.17) is 27.6 Å². The zero-order valence-corrected chi connectivity index (χ0v) is 16.9. The van der Waals surface area contributed by atoms with E-state index in [-0.39, 0.29) is 24.4 Å². The molecule has 30 heavy (non-hydrogen) atoms. The van der Waals surface area contributed by atoms with Crippen LogP contribution in [0, 0.1) is 5.82 Å². The van der Waals surface area contributed by atoms with Crippen LogP contribution in [0.15, 0.2) is 59.7 Å². The number of halogens is 3. The van der Waals surface area contributed by atoms with E-state index in [9.17, 15) is 9.18 Å². The van der Waals surface area contributed by atoms with Crippen LogP contribution in [-0.4, -0.2) is 25.7 Å². The van der Waals surface area contributed by atoms with Gasteiger partial charge in [-0.25, -0.2) is 19.0 Å². The van der Waals surface area contributed by atoms with E-state index >= 15 is 0 Å². The van der Waals surface area contributed by atoms with Gasteiger partial charge in [-0.05, 0) is 36.4 Å². The third-order valence-electron chi connectivity index (χ3n) is 4.21. The first kappa shape index (κ1) is 20.1. The topological polar surface area (TPSA) is 85.8 Å². The number of anilines is 1. The molecule has 1 N–H and O–H groups in total. The second kappa shape index (κ2) is 8.64. The standard InChI is InChI=1S/C20H14Cl2FN5O2/c21-12-1-3-14(15(22)7-12)18-9-25-20(30-18)6-5-19(29)27-13-2-4-17(16(23)8-13)28-11-24-10-26-28/h1-4,7-11H,5-6H2,(H,27,29). The van der Waals surface area contributed by atoms with Crippen molar-refractivity contribution in [2.45, 2.75) is 12.8 Å². The van der Waals surface area contributed by atoms with Crippen LogP contribution in [0.5, 0.6) is 0 Å². The quantitative estimate of drug-likeness (QED) is 0.454. The molecule has 0 aliphatic heterocycles. The van der Waals surface area contributed by atoms with Crippen LogP contribution in [0.25, 0.3) is 17.0 Å². The van der Waals surface area contributed by atoms with Gasteiger partial charge in [-0.1, -0.05) is 23.2 Å². The number of hydrogen-bond donors (Lipinski definition) is 1. The van der Waals surface area contributed by atoms with Crippen LogP contribution >= 0.6 is 23.2 Å². The van der Waals surface area contributed by atoms with Gasteiger partial charge in [0.15, 0.2) is 17.5 Å². The Bertz CT molecular complexity index is 1190. The molecule has 0 radical (unpaired) electrons. The lowest BCUT2D eigenvalue weighted by Gasteiger charge is -2.07. The van der Waals surface area contributed by atoms with Crippen LogP contribution < -0.4 is 5.32 Å². The van der Waals surface area contributed by atoms with E-state index in [2.05, 4.69) is 20.4 Å².